The van der Waals surface area contributed by atoms with Crippen LogP contribution in [0.1, 0.15) is 0 Å². The highest BCUT2D eigenvalue weighted by Gasteiger charge is 2.45. The van der Waals surface area contributed by atoms with Crippen LogP contribution in [0.2, 0.25) is 0 Å². The second-order valence-electron chi connectivity index (χ2n) is 22.2. The molecular formula is C76H46B2N2. The maximum absolute atomic E-state index is 2.60. The van der Waals surface area contributed by atoms with E-state index in [2.05, 4.69) is 289 Å². The Hall–Kier alpha value is -10.2. The zero-order valence-corrected chi connectivity index (χ0v) is 43.6. The van der Waals surface area contributed by atoms with E-state index >= 15 is 0 Å². The SMILES string of the molecule is c1ccc(-c2ccc3c(c2)N(c2ccccc2)c2cc(-c4ccccc4)cc4c2B3c2cc3ccc5c6c(cc7ccc-4c2c7c36)B2c3ccc(-c4ccccc4)cc3N(c3ccccc3)c3cc(-c4ccccc4)cc-5c32)cc1. The maximum Gasteiger partial charge on any atom is 0.248 e. The Morgan fingerprint density at radius 2 is 0.550 bits per heavy atom. The van der Waals surface area contributed by atoms with Crippen LogP contribution in [0.4, 0.5) is 34.1 Å². The van der Waals surface area contributed by atoms with Gasteiger partial charge in [0.05, 0.1) is 0 Å². The van der Waals surface area contributed by atoms with Gasteiger partial charge in [0, 0.05) is 34.1 Å². The fraction of sp³-hybridized carbons (Fsp3) is 0. The van der Waals surface area contributed by atoms with Crippen molar-refractivity contribution in [2.45, 2.75) is 0 Å². The number of benzene rings is 14. The van der Waals surface area contributed by atoms with Gasteiger partial charge in [-0.15, -0.1) is 0 Å². The maximum atomic E-state index is 2.60. The van der Waals surface area contributed by atoms with Gasteiger partial charge in [-0.05, 0) is 182 Å². The molecule has 4 heteroatoms. The third-order valence-electron chi connectivity index (χ3n) is 18.1. The summed E-state index contributed by atoms with van der Waals surface area (Å²) in [6, 6.07) is 105. The first-order chi connectivity index (χ1) is 39.7. The van der Waals surface area contributed by atoms with Crippen LogP contribution in [-0.4, -0.2) is 13.4 Å². The lowest BCUT2D eigenvalue weighted by Crippen LogP contribution is -2.60. The van der Waals surface area contributed by atoms with E-state index in [4.69, 9.17) is 0 Å². The summed E-state index contributed by atoms with van der Waals surface area (Å²) >= 11 is 0. The lowest BCUT2D eigenvalue weighted by molar-refractivity contribution is 1.29. The van der Waals surface area contributed by atoms with Crippen molar-refractivity contribution < 1.29 is 0 Å². The van der Waals surface area contributed by atoms with E-state index in [1.807, 2.05) is 0 Å². The minimum Gasteiger partial charge on any atom is -0.311 e. The molecular weight excluding hydrogens is 962 g/mol. The molecule has 0 aliphatic carbocycles. The summed E-state index contributed by atoms with van der Waals surface area (Å²) in [5.74, 6) is 0. The summed E-state index contributed by atoms with van der Waals surface area (Å²) in [6.45, 7) is -0.0224. The van der Waals surface area contributed by atoms with Gasteiger partial charge in [0.2, 0.25) is 13.4 Å². The molecule has 14 aromatic rings. The van der Waals surface area contributed by atoms with Crippen molar-refractivity contribution in [2.24, 2.45) is 0 Å². The first-order valence-electron chi connectivity index (χ1n) is 28.0. The highest BCUT2D eigenvalue weighted by molar-refractivity contribution is 7.02. The third kappa shape index (κ3) is 6.16. The van der Waals surface area contributed by atoms with Crippen molar-refractivity contribution >= 4 is 113 Å². The van der Waals surface area contributed by atoms with E-state index in [-0.39, 0.29) is 13.4 Å². The Morgan fingerprint density at radius 1 is 0.212 bits per heavy atom. The topological polar surface area (TPSA) is 6.48 Å². The quantitative estimate of drug-likeness (QED) is 0.121. The lowest BCUT2D eigenvalue weighted by atomic mass is 9.31. The zero-order valence-electron chi connectivity index (χ0n) is 43.6. The van der Waals surface area contributed by atoms with Crippen LogP contribution in [0.5, 0.6) is 0 Å². The summed E-state index contributed by atoms with van der Waals surface area (Å²) in [5.41, 5.74) is 30.3. The second-order valence-corrected chi connectivity index (χ2v) is 22.2. The summed E-state index contributed by atoms with van der Waals surface area (Å²) in [6.07, 6.45) is 0. The molecule has 366 valence electrons. The minimum absolute atomic E-state index is 0.0112. The van der Waals surface area contributed by atoms with Crippen LogP contribution < -0.4 is 42.6 Å². The molecule has 4 aliphatic rings. The van der Waals surface area contributed by atoms with Crippen molar-refractivity contribution in [3.05, 3.63) is 279 Å². The Balaban J connectivity index is 0.953. The molecule has 0 saturated carbocycles. The van der Waals surface area contributed by atoms with Crippen molar-refractivity contribution in [2.75, 3.05) is 9.80 Å². The second kappa shape index (κ2) is 16.7. The molecule has 0 fully saturated rings. The molecule has 18 rings (SSSR count). The summed E-state index contributed by atoms with van der Waals surface area (Å²) in [7, 11) is 0. The van der Waals surface area contributed by atoms with Crippen LogP contribution in [0.25, 0.3) is 99.1 Å². The van der Waals surface area contributed by atoms with E-state index in [0.29, 0.717) is 0 Å². The Morgan fingerprint density at radius 3 is 0.925 bits per heavy atom. The van der Waals surface area contributed by atoms with Crippen molar-refractivity contribution in [3.8, 4) is 66.8 Å². The van der Waals surface area contributed by atoms with Crippen molar-refractivity contribution in [1.29, 1.82) is 0 Å². The van der Waals surface area contributed by atoms with Gasteiger partial charge in [-0.3, -0.25) is 0 Å². The molecule has 0 aromatic heterocycles. The van der Waals surface area contributed by atoms with Crippen LogP contribution >= 0.6 is 0 Å². The number of hydrogen-bond acceptors (Lipinski definition) is 2. The average Bonchev–Trinajstić information content (AvgIpc) is 2.38. The molecule has 0 N–H and O–H groups in total. The van der Waals surface area contributed by atoms with Gasteiger partial charge in [-0.25, -0.2) is 0 Å². The molecule has 0 bridgehead atoms. The Bertz CT molecular complexity index is 4560. The van der Waals surface area contributed by atoms with Crippen LogP contribution in [-0.2, 0) is 0 Å². The summed E-state index contributed by atoms with van der Waals surface area (Å²) in [5, 5.41) is 8.05. The monoisotopic (exact) mass is 1010 g/mol. The van der Waals surface area contributed by atoms with E-state index < -0.39 is 0 Å². The normalized spacial score (nSPS) is 13.2. The molecule has 0 radical (unpaired) electrons. The number of anilines is 6. The largest absolute Gasteiger partial charge is 0.311 e. The average molecular weight is 1010 g/mol. The van der Waals surface area contributed by atoms with E-state index in [0.717, 1.165) is 11.4 Å². The van der Waals surface area contributed by atoms with E-state index in [1.54, 1.807) is 0 Å². The fourth-order valence-electron chi connectivity index (χ4n) is 14.8. The standard InChI is InChI=1S/C76H46B2N2/c1-7-19-47(20-8-1)51-33-37-63-67(43-51)79(57-27-15-5-16-28-57)69-45-55(49-23-11-3-12-24-49)39-61-59-35-32-54-42-66-74-60(36-31-53-41-65(77(63)75(61)69)73(59)71(54)72(53)74)62-40-56(50-25-13-4-14-26-50)46-70-76(62)78(66)64-38-34-52(48-21-9-2-10-22-48)44-68(64)80(70)58-29-17-6-18-30-58/h1-46H. The summed E-state index contributed by atoms with van der Waals surface area (Å²) < 4.78 is 0. The summed E-state index contributed by atoms with van der Waals surface area (Å²) in [4.78, 5) is 5.10. The number of fused-ring (bicyclic) bond motifs is 8. The van der Waals surface area contributed by atoms with Gasteiger partial charge in [0.1, 0.15) is 0 Å². The van der Waals surface area contributed by atoms with Gasteiger partial charge < -0.3 is 9.80 Å². The number of para-hydroxylation sites is 2. The molecule has 4 aliphatic heterocycles. The minimum atomic E-state index is -0.0112. The Labute approximate surface area is 465 Å². The predicted octanol–water partition coefficient (Wildman–Crippen LogP) is 15.8. The highest BCUT2D eigenvalue weighted by Crippen LogP contribution is 2.50. The first-order valence-corrected chi connectivity index (χ1v) is 28.0. The molecule has 0 atom stereocenters. The number of hydrogen-bond donors (Lipinski definition) is 0. The van der Waals surface area contributed by atoms with E-state index in [1.165, 1.54) is 155 Å². The first kappa shape index (κ1) is 43.9. The molecule has 14 aromatic carbocycles. The van der Waals surface area contributed by atoms with Gasteiger partial charge in [-0.2, -0.15) is 0 Å². The fourth-order valence-corrected chi connectivity index (χ4v) is 14.8. The highest BCUT2D eigenvalue weighted by atomic mass is 15.2. The molecule has 2 nitrogen and oxygen atoms in total. The van der Waals surface area contributed by atoms with Crippen molar-refractivity contribution in [3.63, 3.8) is 0 Å². The van der Waals surface area contributed by atoms with Crippen LogP contribution in [0.15, 0.2) is 279 Å². The van der Waals surface area contributed by atoms with Gasteiger partial charge in [0.15, 0.2) is 0 Å². The lowest BCUT2D eigenvalue weighted by Gasteiger charge is -2.42. The molecule has 80 heavy (non-hydrogen) atoms. The van der Waals surface area contributed by atoms with E-state index in [9.17, 15) is 0 Å². The molecule has 0 spiro atoms. The van der Waals surface area contributed by atoms with Crippen LogP contribution in [0.3, 0.4) is 0 Å². The molecule has 0 saturated heterocycles. The molecule has 4 heterocycles. The van der Waals surface area contributed by atoms with Gasteiger partial charge >= 0.3 is 0 Å². The number of rotatable bonds is 6. The smallest absolute Gasteiger partial charge is 0.248 e. The van der Waals surface area contributed by atoms with Gasteiger partial charge in [-0.1, -0.05) is 229 Å². The molecule has 0 unspecified atom stereocenters. The zero-order chi connectivity index (χ0) is 52.2. The predicted molar refractivity (Wildman–Crippen MR) is 341 cm³/mol. The third-order valence-corrected chi connectivity index (χ3v) is 18.1. The number of nitrogens with zero attached hydrogens (tertiary/aromatic N) is 2. The van der Waals surface area contributed by atoms with Gasteiger partial charge in [0.25, 0.3) is 0 Å². The van der Waals surface area contributed by atoms with Crippen LogP contribution in [0, 0.1) is 0 Å². The molecule has 0 amide bonds. The Kier molecular flexibility index (Phi) is 9.15. The van der Waals surface area contributed by atoms with Crippen molar-refractivity contribution in [1.82, 2.24) is 0 Å².